The SMILES string of the molecule is Cc1cc(/C=C/c2cc(O)cc(O)c2)[n+](C)c(=O)n1C. The highest BCUT2D eigenvalue weighted by Crippen LogP contribution is 2.21. The van der Waals surface area contributed by atoms with Crippen molar-refractivity contribution in [1.29, 1.82) is 0 Å². The summed E-state index contributed by atoms with van der Waals surface area (Å²) in [7, 11) is 3.42. The third-order valence-electron chi connectivity index (χ3n) is 3.22. The molecular weight excluding hydrogens is 256 g/mol. The minimum Gasteiger partial charge on any atom is -0.508 e. The van der Waals surface area contributed by atoms with Crippen molar-refractivity contribution in [3.05, 3.63) is 51.7 Å². The number of aromatic hydroxyl groups is 2. The number of phenols is 2. The van der Waals surface area contributed by atoms with E-state index in [0.29, 0.717) is 5.56 Å². The summed E-state index contributed by atoms with van der Waals surface area (Å²) in [4.78, 5) is 11.9. The van der Waals surface area contributed by atoms with Crippen molar-refractivity contribution in [3.8, 4) is 11.5 Å². The van der Waals surface area contributed by atoms with Gasteiger partial charge in [0.2, 0.25) is 0 Å². The van der Waals surface area contributed by atoms with Crippen molar-refractivity contribution in [3.63, 3.8) is 0 Å². The molecule has 0 radical (unpaired) electrons. The van der Waals surface area contributed by atoms with Crippen LogP contribution < -0.4 is 10.3 Å². The van der Waals surface area contributed by atoms with Crippen LogP contribution in [-0.4, -0.2) is 14.8 Å². The van der Waals surface area contributed by atoms with Crippen LogP contribution in [0, 0.1) is 6.92 Å². The summed E-state index contributed by atoms with van der Waals surface area (Å²) in [5.41, 5.74) is 2.14. The van der Waals surface area contributed by atoms with Crippen LogP contribution >= 0.6 is 0 Å². The predicted octanol–water partition coefficient (Wildman–Crippen LogP) is 1.10. The first kappa shape index (κ1) is 13.9. The van der Waals surface area contributed by atoms with Crippen LogP contribution in [0.3, 0.4) is 0 Å². The quantitative estimate of drug-likeness (QED) is 0.805. The highest BCUT2D eigenvalue weighted by Gasteiger charge is 2.11. The molecule has 0 unspecified atom stereocenters. The Kier molecular flexibility index (Phi) is 3.61. The second-order valence-electron chi connectivity index (χ2n) is 4.73. The Labute approximate surface area is 116 Å². The fourth-order valence-electron chi connectivity index (χ4n) is 1.95. The first-order valence-corrected chi connectivity index (χ1v) is 6.16. The Morgan fingerprint density at radius 2 is 1.70 bits per heavy atom. The van der Waals surface area contributed by atoms with Crippen LogP contribution in [-0.2, 0) is 14.1 Å². The van der Waals surface area contributed by atoms with Gasteiger partial charge in [0.25, 0.3) is 0 Å². The molecule has 0 bridgehead atoms. The third-order valence-corrected chi connectivity index (χ3v) is 3.22. The fraction of sp³-hybridized carbons (Fsp3) is 0.200. The van der Waals surface area contributed by atoms with E-state index in [1.54, 1.807) is 30.8 Å². The van der Waals surface area contributed by atoms with E-state index in [1.807, 2.05) is 13.0 Å². The summed E-state index contributed by atoms with van der Waals surface area (Å²) in [5, 5.41) is 18.8. The molecule has 5 heteroatoms. The maximum absolute atomic E-state index is 11.9. The Hall–Kier alpha value is -2.56. The lowest BCUT2D eigenvalue weighted by Gasteiger charge is -2.02. The van der Waals surface area contributed by atoms with Crippen LogP contribution in [0.15, 0.2) is 29.1 Å². The molecule has 104 valence electrons. The van der Waals surface area contributed by atoms with Crippen molar-refractivity contribution in [2.75, 3.05) is 0 Å². The number of aromatic nitrogens is 2. The summed E-state index contributed by atoms with van der Waals surface area (Å²) in [6, 6.07) is 6.22. The number of hydrogen-bond donors (Lipinski definition) is 2. The zero-order chi connectivity index (χ0) is 14.9. The van der Waals surface area contributed by atoms with Crippen LogP contribution in [0.4, 0.5) is 0 Å². The highest BCUT2D eigenvalue weighted by atomic mass is 16.3. The first-order chi connectivity index (χ1) is 9.38. The average Bonchev–Trinajstić information content (AvgIpc) is 2.38. The van der Waals surface area contributed by atoms with E-state index >= 15 is 0 Å². The number of phenolic OH excluding ortho intramolecular Hbond substituents is 2. The number of nitrogens with zero attached hydrogens (tertiary/aromatic N) is 2. The maximum Gasteiger partial charge on any atom is 0.498 e. The van der Waals surface area contributed by atoms with Gasteiger partial charge in [-0.05, 0) is 30.7 Å². The molecule has 20 heavy (non-hydrogen) atoms. The van der Waals surface area contributed by atoms with E-state index in [0.717, 1.165) is 11.4 Å². The van der Waals surface area contributed by atoms with Gasteiger partial charge in [-0.2, -0.15) is 13.9 Å². The standard InChI is InChI=1S/C15H16N2O3/c1-10-6-12(17(3)15(20)16(10)2)5-4-11-7-13(18)9-14(19)8-11/h4-9H,1-3H3,(H-,18,19)/p+1/b5-4+. The Balaban J connectivity index is 2.44. The monoisotopic (exact) mass is 273 g/mol. The van der Waals surface area contributed by atoms with Gasteiger partial charge in [0.15, 0.2) is 0 Å². The van der Waals surface area contributed by atoms with Crippen LogP contribution in [0.1, 0.15) is 17.0 Å². The van der Waals surface area contributed by atoms with Crippen molar-refractivity contribution in [2.24, 2.45) is 14.1 Å². The minimum atomic E-state index is -0.108. The molecule has 1 heterocycles. The minimum absolute atomic E-state index is 0.00539. The first-order valence-electron chi connectivity index (χ1n) is 6.16. The van der Waals surface area contributed by atoms with E-state index in [9.17, 15) is 15.0 Å². The smallest absolute Gasteiger partial charge is 0.498 e. The summed E-state index contributed by atoms with van der Waals surface area (Å²) < 4.78 is 3.10. The van der Waals surface area contributed by atoms with Crippen molar-refractivity contribution >= 4 is 12.2 Å². The maximum atomic E-state index is 11.9. The summed E-state index contributed by atoms with van der Waals surface area (Å²) >= 11 is 0. The lowest BCUT2D eigenvalue weighted by atomic mass is 10.1. The zero-order valence-electron chi connectivity index (χ0n) is 11.7. The van der Waals surface area contributed by atoms with Crippen molar-refractivity contribution in [1.82, 2.24) is 4.57 Å². The zero-order valence-corrected chi connectivity index (χ0v) is 11.7. The van der Waals surface area contributed by atoms with Crippen LogP contribution in [0.2, 0.25) is 0 Å². The molecule has 0 spiro atoms. The van der Waals surface area contributed by atoms with Crippen LogP contribution in [0.25, 0.3) is 12.2 Å². The van der Waals surface area contributed by atoms with Gasteiger partial charge in [-0.15, -0.1) is 0 Å². The Morgan fingerprint density at radius 3 is 2.30 bits per heavy atom. The van der Waals surface area contributed by atoms with E-state index in [4.69, 9.17) is 0 Å². The number of hydrogen-bond acceptors (Lipinski definition) is 3. The molecule has 0 aliphatic heterocycles. The van der Waals surface area contributed by atoms with Gasteiger partial charge in [-0.3, -0.25) is 0 Å². The lowest BCUT2D eigenvalue weighted by molar-refractivity contribution is -0.692. The van der Waals surface area contributed by atoms with Gasteiger partial charge in [0, 0.05) is 12.1 Å². The second-order valence-corrected chi connectivity index (χ2v) is 4.73. The van der Waals surface area contributed by atoms with Gasteiger partial charge >= 0.3 is 5.69 Å². The molecule has 0 saturated heterocycles. The Morgan fingerprint density at radius 1 is 1.10 bits per heavy atom. The van der Waals surface area contributed by atoms with E-state index < -0.39 is 0 Å². The molecule has 2 N–H and O–H groups in total. The molecule has 0 aliphatic rings. The van der Waals surface area contributed by atoms with E-state index in [1.165, 1.54) is 22.8 Å². The van der Waals surface area contributed by atoms with Gasteiger partial charge in [0.1, 0.15) is 22.9 Å². The second kappa shape index (κ2) is 5.21. The Bertz CT molecular complexity index is 725. The van der Waals surface area contributed by atoms with Gasteiger partial charge < -0.3 is 10.2 Å². The molecule has 5 nitrogen and oxygen atoms in total. The summed E-state index contributed by atoms with van der Waals surface area (Å²) in [6.45, 7) is 1.86. The number of benzene rings is 1. The van der Waals surface area contributed by atoms with Crippen LogP contribution in [0.5, 0.6) is 11.5 Å². The molecule has 0 atom stereocenters. The largest absolute Gasteiger partial charge is 0.508 e. The molecule has 0 fully saturated rings. The predicted molar refractivity (Wildman–Crippen MR) is 76.3 cm³/mol. The molecule has 0 aliphatic carbocycles. The molecule has 2 aromatic rings. The van der Waals surface area contributed by atoms with Gasteiger partial charge in [0.05, 0.1) is 14.1 Å². The summed E-state index contributed by atoms with van der Waals surface area (Å²) in [5.74, 6) is -0.0108. The molecule has 1 aromatic carbocycles. The van der Waals surface area contributed by atoms with Gasteiger partial charge in [-0.1, -0.05) is 6.08 Å². The fourth-order valence-corrected chi connectivity index (χ4v) is 1.95. The molecule has 1 aromatic heterocycles. The third kappa shape index (κ3) is 2.71. The summed E-state index contributed by atoms with van der Waals surface area (Å²) in [6.07, 6.45) is 3.50. The van der Waals surface area contributed by atoms with Gasteiger partial charge in [-0.25, -0.2) is 0 Å². The normalized spacial score (nSPS) is 11.2. The van der Waals surface area contributed by atoms with Crippen molar-refractivity contribution in [2.45, 2.75) is 6.92 Å². The van der Waals surface area contributed by atoms with E-state index in [-0.39, 0.29) is 17.2 Å². The highest BCUT2D eigenvalue weighted by molar-refractivity contribution is 5.68. The molecule has 2 rings (SSSR count). The lowest BCUT2D eigenvalue weighted by Crippen LogP contribution is -2.53. The number of rotatable bonds is 2. The topological polar surface area (TPSA) is 66.3 Å². The van der Waals surface area contributed by atoms with E-state index in [2.05, 4.69) is 0 Å². The van der Waals surface area contributed by atoms with Crippen molar-refractivity contribution < 1.29 is 14.8 Å². The average molecular weight is 273 g/mol. The molecule has 0 saturated carbocycles. The molecular formula is C15H17N2O3+. The molecule has 0 amide bonds. The number of aryl methyl sites for hydroxylation is 1.